The summed E-state index contributed by atoms with van der Waals surface area (Å²) in [7, 11) is 0. The zero-order valence-electron chi connectivity index (χ0n) is 8.63. The molecule has 1 nitrogen and oxygen atoms in total. The number of carbonyl (C=O) groups excluding carboxylic acids is 1. The molecule has 0 amide bonds. The number of aryl methyl sites for hydroxylation is 1. The molecule has 1 aromatic carbocycles. The zero-order valence-corrected chi connectivity index (χ0v) is 10.2. The molecule has 0 aromatic heterocycles. The van der Waals surface area contributed by atoms with Gasteiger partial charge in [-0.25, -0.2) is 0 Å². The van der Waals surface area contributed by atoms with E-state index >= 15 is 0 Å². The fourth-order valence-electron chi connectivity index (χ4n) is 1.86. The summed E-state index contributed by atoms with van der Waals surface area (Å²) in [6.45, 7) is 1.94. The van der Waals surface area contributed by atoms with Crippen LogP contribution < -0.4 is 0 Å². The minimum absolute atomic E-state index is 0.171. The lowest BCUT2D eigenvalue weighted by Gasteiger charge is -2.09. The molecule has 1 aliphatic rings. The van der Waals surface area contributed by atoms with Gasteiger partial charge in [0.05, 0.1) is 5.25 Å². The van der Waals surface area contributed by atoms with Crippen LogP contribution in [0.1, 0.15) is 28.8 Å². The van der Waals surface area contributed by atoms with E-state index < -0.39 is 0 Å². The van der Waals surface area contributed by atoms with Gasteiger partial charge in [-0.1, -0.05) is 11.6 Å². The summed E-state index contributed by atoms with van der Waals surface area (Å²) in [6.07, 6.45) is 2.18. The predicted molar refractivity (Wildman–Crippen MR) is 66.0 cm³/mol. The second-order valence-electron chi connectivity index (χ2n) is 3.83. The molecule has 1 fully saturated rings. The predicted octanol–water partition coefficient (Wildman–Crippen LogP) is 3.73. The van der Waals surface area contributed by atoms with Crippen molar-refractivity contribution >= 4 is 29.1 Å². The van der Waals surface area contributed by atoms with Crippen LogP contribution in [0.4, 0.5) is 0 Å². The maximum Gasteiger partial charge on any atom is 0.176 e. The molecule has 1 atom stereocenters. The Morgan fingerprint density at radius 2 is 2.33 bits per heavy atom. The molecule has 0 spiro atoms. The highest BCUT2D eigenvalue weighted by molar-refractivity contribution is 8.00. The summed E-state index contributed by atoms with van der Waals surface area (Å²) in [4.78, 5) is 12.1. The van der Waals surface area contributed by atoms with E-state index in [2.05, 4.69) is 0 Å². The number of rotatable bonds is 2. The van der Waals surface area contributed by atoms with Gasteiger partial charge in [0.2, 0.25) is 0 Å². The van der Waals surface area contributed by atoms with Crippen LogP contribution in [0.25, 0.3) is 0 Å². The average molecular weight is 241 g/mol. The van der Waals surface area contributed by atoms with Crippen molar-refractivity contribution in [1.82, 2.24) is 0 Å². The van der Waals surface area contributed by atoms with Crippen molar-refractivity contribution in [2.75, 3.05) is 5.75 Å². The standard InChI is InChI=1S/C12H13ClOS/c1-8-7-9(13)4-5-10(8)12(14)11-3-2-6-15-11/h4-5,7,11H,2-3,6H2,1H3. The fraction of sp³-hybridized carbons (Fsp3) is 0.417. The Morgan fingerprint density at radius 3 is 2.93 bits per heavy atom. The number of hydrogen-bond acceptors (Lipinski definition) is 2. The van der Waals surface area contributed by atoms with Crippen LogP contribution in [0.3, 0.4) is 0 Å². The Bertz CT molecular complexity index is 383. The van der Waals surface area contributed by atoms with Crippen molar-refractivity contribution in [1.29, 1.82) is 0 Å². The highest BCUT2D eigenvalue weighted by atomic mass is 35.5. The summed E-state index contributed by atoms with van der Waals surface area (Å²) in [5, 5.41) is 0.869. The first-order chi connectivity index (χ1) is 7.18. The minimum atomic E-state index is 0.171. The highest BCUT2D eigenvalue weighted by Crippen LogP contribution is 2.30. The van der Waals surface area contributed by atoms with E-state index in [4.69, 9.17) is 11.6 Å². The molecule has 80 valence electrons. The molecule has 3 heteroatoms. The average Bonchev–Trinajstić information content (AvgIpc) is 2.69. The number of thioether (sulfide) groups is 1. The maximum atomic E-state index is 12.1. The number of halogens is 1. The number of benzene rings is 1. The van der Waals surface area contributed by atoms with Crippen molar-refractivity contribution in [2.45, 2.75) is 25.0 Å². The van der Waals surface area contributed by atoms with Crippen molar-refractivity contribution < 1.29 is 4.79 Å². The van der Waals surface area contributed by atoms with Crippen LogP contribution in [0.15, 0.2) is 18.2 Å². The summed E-state index contributed by atoms with van der Waals surface area (Å²) < 4.78 is 0. The van der Waals surface area contributed by atoms with Gasteiger partial charge >= 0.3 is 0 Å². The molecular formula is C12H13ClOS. The van der Waals surface area contributed by atoms with E-state index in [1.165, 1.54) is 0 Å². The van der Waals surface area contributed by atoms with Crippen molar-refractivity contribution in [3.05, 3.63) is 34.3 Å². The van der Waals surface area contributed by atoms with Gasteiger partial charge in [-0.2, -0.15) is 11.8 Å². The Hall–Kier alpha value is -0.470. The molecule has 1 heterocycles. The van der Waals surface area contributed by atoms with Gasteiger partial charge in [-0.05, 0) is 49.3 Å². The van der Waals surface area contributed by atoms with E-state index in [-0.39, 0.29) is 11.0 Å². The molecule has 1 unspecified atom stereocenters. The third-order valence-corrected chi connectivity index (χ3v) is 4.29. The summed E-state index contributed by atoms with van der Waals surface area (Å²) in [6, 6.07) is 5.49. The SMILES string of the molecule is Cc1cc(Cl)ccc1C(=O)C1CCCS1. The van der Waals surface area contributed by atoms with Crippen molar-refractivity contribution in [2.24, 2.45) is 0 Å². The zero-order chi connectivity index (χ0) is 10.8. The second-order valence-corrected chi connectivity index (χ2v) is 5.57. The third kappa shape index (κ3) is 2.37. The monoisotopic (exact) mass is 240 g/mol. The van der Waals surface area contributed by atoms with Gasteiger partial charge in [-0.3, -0.25) is 4.79 Å². The fourth-order valence-corrected chi connectivity index (χ4v) is 3.32. The number of ketones is 1. The maximum absolute atomic E-state index is 12.1. The van der Waals surface area contributed by atoms with Crippen molar-refractivity contribution in [3.8, 4) is 0 Å². The van der Waals surface area contributed by atoms with Crippen LogP contribution in [0.2, 0.25) is 5.02 Å². The number of hydrogen-bond donors (Lipinski definition) is 0. The number of carbonyl (C=O) groups is 1. The smallest absolute Gasteiger partial charge is 0.176 e. The third-order valence-electron chi connectivity index (χ3n) is 2.68. The van der Waals surface area contributed by atoms with Gasteiger partial charge in [0, 0.05) is 10.6 Å². The Labute approximate surface area is 99.2 Å². The van der Waals surface area contributed by atoms with Crippen LogP contribution in [0, 0.1) is 6.92 Å². The molecule has 0 radical (unpaired) electrons. The van der Waals surface area contributed by atoms with E-state index in [1.54, 1.807) is 17.8 Å². The Morgan fingerprint density at radius 1 is 1.53 bits per heavy atom. The van der Waals surface area contributed by atoms with Gasteiger partial charge in [-0.15, -0.1) is 0 Å². The molecule has 1 aromatic rings. The molecule has 0 bridgehead atoms. The van der Waals surface area contributed by atoms with Gasteiger partial charge in [0.15, 0.2) is 5.78 Å². The molecule has 1 saturated heterocycles. The molecule has 15 heavy (non-hydrogen) atoms. The lowest BCUT2D eigenvalue weighted by Crippen LogP contribution is -2.15. The highest BCUT2D eigenvalue weighted by Gasteiger charge is 2.25. The van der Waals surface area contributed by atoms with E-state index in [0.29, 0.717) is 5.02 Å². The van der Waals surface area contributed by atoms with Crippen LogP contribution in [-0.4, -0.2) is 16.8 Å². The first kappa shape index (κ1) is 11.0. The van der Waals surface area contributed by atoms with Crippen LogP contribution >= 0.6 is 23.4 Å². The summed E-state index contributed by atoms with van der Waals surface area (Å²) >= 11 is 7.64. The van der Waals surface area contributed by atoms with E-state index in [1.807, 2.05) is 19.1 Å². The molecule has 2 rings (SSSR count). The first-order valence-corrected chi connectivity index (χ1v) is 6.53. The van der Waals surface area contributed by atoms with Crippen molar-refractivity contribution in [3.63, 3.8) is 0 Å². The molecule has 0 N–H and O–H groups in total. The Balaban J connectivity index is 2.24. The molecule has 0 saturated carbocycles. The van der Waals surface area contributed by atoms with Gasteiger partial charge in [0.25, 0.3) is 0 Å². The van der Waals surface area contributed by atoms with Gasteiger partial charge < -0.3 is 0 Å². The Kier molecular flexibility index (Phi) is 3.37. The number of Topliss-reactive ketones (excluding diaryl/α,β-unsaturated/α-hetero) is 1. The topological polar surface area (TPSA) is 17.1 Å². The first-order valence-electron chi connectivity index (χ1n) is 5.10. The summed E-state index contributed by atoms with van der Waals surface area (Å²) in [5.41, 5.74) is 1.82. The molecular weight excluding hydrogens is 228 g/mol. The van der Waals surface area contributed by atoms with Crippen LogP contribution in [0.5, 0.6) is 0 Å². The van der Waals surface area contributed by atoms with Gasteiger partial charge in [0.1, 0.15) is 0 Å². The normalized spacial score (nSPS) is 20.5. The lowest BCUT2D eigenvalue weighted by atomic mass is 10.0. The quantitative estimate of drug-likeness (QED) is 0.733. The van der Waals surface area contributed by atoms with E-state index in [9.17, 15) is 4.79 Å². The molecule has 1 aliphatic heterocycles. The summed E-state index contributed by atoms with van der Waals surface area (Å²) in [5.74, 6) is 1.38. The van der Waals surface area contributed by atoms with E-state index in [0.717, 1.165) is 29.7 Å². The lowest BCUT2D eigenvalue weighted by molar-refractivity contribution is 0.0988. The minimum Gasteiger partial charge on any atom is -0.293 e. The van der Waals surface area contributed by atoms with Crippen LogP contribution in [-0.2, 0) is 0 Å². The molecule has 0 aliphatic carbocycles. The second kappa shape index (κ2) is 4.58. The largest absolute Gasteiger partial charge is 0.293 e.